The Labute approximate surface area is 77.9 Å². The van der Waals surface area contributed by atoms with Crippen LogP contribution in [0.15, 0.2) is 4.52 Å². The number of Topliss-reactive ketones (excluding diaryl/α,β-unsaturated/α-hetero) is 1. The van der Waals surface area contributed by atoms with Crippen molar-refractivity contribution in [1.29, 1.82) is 0 Å². The maximum Gasteiger partial charge on any atom is 0.450 e. The third-order valence-electron chi connectivity index (χ3n) is 1.83. The second-order valence-electron chi connectivity index (χ2n) is 2.90. The van der Waals surface area contributed by atoms with E-state index in [-0.39, 0.29) is 11.3 Å². The Balaban J connectivity index is 2.85. The molecule has 0 aliphatic heterocycles. The van der Waals surface area contributed by atoms with Crippen LogP contribution in [-0.4, -0.2) is 17.1 Å². The molecule has 14 heavy (non-hydrogen) atoms. The third-order valence-corrected chi connectivity index (χ3v) is 1.83. The van der Waals surface area contributed by atoms with Crippen LogP contribution in [0.5, 0.6) is 0 Å². The van der Waals surface area contributed by atoms with Gasteiger partial charge in [-0.15, -0.1) is 0 Å². The van der Waals surface area contributed by atoms with E-state index in [0.29, 0.717) is 5.69 Å². The maximum atomic E-state index is 11.9. The highest BCUT2D eigenvalue weighted by Gasteiger charge is 2.38. The molecule has 0 unspecified atom stereocenters. The van der Waals surface area contributed by atoms with E-state index in [1.54, 1.807) is 0 Å². The number of aryl methyl sites for hydroxylation is 2. The van der Waals surface area contributed by atoms with E-state index in [1.807, 2.05) is 0 Å². The lowest BCUT2D eigenvalue weighted by molar-refractivity contribution is -0.170. The molecule has 0 spiro atoms. The molecule has 0 saturated heterocycles. The standard InChI is InChI=1S/C8H8F3NO2/c1-4-6(5(2)14-12-4)3-7(13)8(9,10)11/h3H2,1-2H3. The van der Waals surface area contributed by atoms with Gasteiger partial charge in [-0.1, -0.05) is 5.16 Å². The summed E-state index contributed by atoms with van der Waals surface area (Å²) < 4.78 is 40.4. The van der Waals surface area contributed by atoms with Crippen LogP contribution in [0.3, 0.4) is 0 Å². The minimum Gasteiger partial charge on any atom is -0.361 e. The lowest BCUT2D eigenvalue weighted by Gasteiger charge is -2.03. The van der Waals surface area contributed by atoms with E-state index in [0.717, 1.165) is 0 Å². The molecule has 1 rings (SSSR count). The molecular formula is C8H8F3NO2. The highest BCUT2D eigenvalue weighted by atomic mass is 19.4. The van der Waals surface area contributed by atoms with Crippen LogP contribution in [-0.2, 0) is 11.2 Å². The number of ketones is 1. The first-order chi connectivity index (χ1) is 6.32. The molecule has 0 saturated carbocycles. The number of rotatable bonds is 2. The molecule has 0 N–H and O–H groups in total. The van der Waals surface area contributed by atoms with Crippen LogP contribution in [0.4, 0.5) is 13.2 Å². The second-order valence-corrected chi connectivity index (χ2v) is 2.90. The van der Waals surface area contributed by atoms with E-state index in [4.69, 9.17) is 0 Å². The number of nitrogens with zero attached hydrogens (tertiary/aromatic N) is 1. The van der Waals surface area contributed by atoms with E-state index < -0.39 is 18.4 Å². The lowest BCUT2D eigenvalue weighted by Crippen LogP contribution is -2.24. The zero-order chi connectivity index (χ0) is 10.9. The highest BCUT2D eigenvalue weighted by Crippen LogP contribution is 2.21. The van der Waals surface area contributed by atoms with Gasteiger partial charge in [0.05, 0.1) is 5.69 Å². The van der Waals surface area contributed by atoms with Crippen LogP contribution >= 0.6 is 0 Å². The average molecular weight is 207 g/mol. The van der Waals surface area contributed by atoms with Crippen molar-refractivity contribution in [2.75, 3.05) is 0 Å². The van der Waals surface area contributed by atoms with E-state index in [1.165, 1.54) is 13.8 Å². The number of hydrogen-bond donors (Lipinski definition) is 0. The lowest BCUT2D eigenvalue weighted by atomic mass is 10.1. The molecule has 0 bridgehead atoms. The summed E-state index contributed by atoms with van der Waals surface area (Å²) in [6.07, 6.45) is -5.50. The minimum atomic E-state index is -4.80. The van der Waals surface area contributed by atoms with Gasteiger partial charge in [0.2, 0.25) is 5.78 Å². The Hall–Kier alpha value is -1.33. The van der Waals surface area contributed by atoms with Gasteiger partial charge in [0, 0.05) is 12.0 Å². The van der Waals surface area contributed by atoms with E-state index in [2.05, 4.69) is 9.68 Å². The molecule has 0 amide bonds. The third kappa shape index (κ3) is 2.12. The Morgan fingerprint density at radius 3 is 2.36 bits per heavy atom. The van der Waals surface area contributed by atoms with Crippen LogP contribution in [0.1, 0.15) is 17.0 Å². The zero-order valence-electron chi connectivity index (χ0n) is 7.60. The van der Waals surface area contributed by atoms with Crippen LogP contribution in [0.2, 0.25) is 0 Å². The van der Waals surface area contributed by atoms with Crippen molar-refractivity contribution < 1.29 is 22.5 Å². The molecule has 3 nitrogen and oxygen atoms in total. The summed E-state index contributed by atoms with van der Waals surface area (Å²) in [5.74, 6) is -1.54. The fraction of sp³-hybridized carbons (Fsp3) is 0.500. The van der Waals surface area contributed by atoms with Crippen molar-refractivity contribution in [3.8, 4) is 0 Å². The van der Waals surface area contributed by atoms with E-state index >= 15 is 0 Å². The molecule has 1 aromatic rings. The highest BCUT2D eigenvalue weighted by molar-refractivity contribution is 5.86. The molecule has 1 aromatic heterocycles. The van der Waals surface area contributed by atoms with Gasteiger partial charge < -0.3 is 4.52 Å². The molecule has 0 radical (unpaired) electrons. The Kier molecular flexibility index (Phi) is 2.64. The number of halogens is 3. The predicted octanol–water partition coefficient (Wildman–Crippen LogP) is 1.97. The maximum absolute atomic E-state index is 11.9. The van der Waals surface area contributed by atoms with Crippen molar-refractivity contribution in [1.82, 2.24) is 5.16 Å². The monoisotopic (exact) mass is 207 g/mol. The van der Waals surface area contributed by atoms with Gasteiger partial charge in [-0.25, -0.2) is 0 Å². The van der Waals surface area contributed by atoms with Crippen molar-refractivity contribution >= 4 is 5.78 Å². The summed E-state index contributed by atoms with van der Waals surface area (Å²) in [7, 11) is 0. The first-order valence-electron chi connectivity index (χ1n) is 3.84. The van der Waals surface area contributed by atoms with Gasteiger partial charge in [-0.05, 0) is 13.8 Å². The fourth-order valence-corrected chi connectivity index (χ4v) is 1.02. The van der Waals surface area contributed by atoms with Crippen molar-refractivity contribution in [3.05, 3.63) is 17.0 Å². The fourth-order valence-electron chi connectivity index (χ4n) is 1.02. The summed E-state index contributed by atoms with van der Waals surface area (Å²) in [6, 6.07) is 0. The van der Waals surface area contributed by atoms with Gasteiger partial charge in [-0.3, -0.25) is 4.79 Å². The van der Waals surface area contributed by atoms with E-state index in [9.17, 15) is 18.0 Å². The van der Waals surface area contributed by atoms with Gasteiger partial charge in [0.1, 0.15) is 5.76 Å². The van der Waals surface area contributed by atoms with Gasteiger partial charge in [0.15, 0.2) is 0 Å². The summed E-state index contributed by atoms with van der Waals surface area (Å²) in [5.41, 5.74) is 0.535. The quantitative estimate of drug-likeness (QED) is 0.744. The SMILES string of the molecule is Cc1noc(C)c1CC(=O)C(F)(F)F. The van der Waals surface area contributed by atoms with Crippen molar-refractivity contribution in [2.24, 2.45) is 0 Å². The molecule has 0 atom stereocenters. The molecule has 1 heterocycles. The largest absolute Gasteiger partial charge is 0.450 e. The smallest absolute Gasteiger partial charge is 0.361 e. The predicted molar refractivity (Wildman–Crippen MR) is 40.7 cm³/mol. The number of hydrogen-bond acceptors (Lipinski definition) is 3. The Morgan fingerprint density at radius 1 is 1.43 bits per heavy atom. The summed E-state index contributed by atoms with van der Waals surface area (Å²) in [4.78, 5) is 10.6. The first kappa shape index (κ1) is 10.7. The minimum absolute atomic E-state index is 0.215. The molecule has 0 fully saturated rings. The molecule has 0 aromatic carbocycles. The van der Waals surface area contributed by atoms with Crippen molar-refractivity contribution in [3.63, 3.8) is 0 Å². The Morgan fingerprint density at radius 2 is 2.00 bits per heavy atom. The number of alkyl halides is 3. The molecular weight excluding hydrogens is 199 g/mol. The van der Waals surface area contributed by atoms with Crippen LogP contribution in [0, 0.1) is 13.8 Å². The molecule has 0 aliphatic rings. The van der Waals surface area contributed by atoms with Gasteiger partial charge in [-0.2, -0.15) is 13.2 Å². The number of carbonyl (C=O) groups excluding carboxylic acids is 1. The summed E-state index contributed by atoms with van der Waals surface area (Å²) >= 11 is 0. The zero-order valence-corrected chi connectivity index (χ0v) is 7.60. The van der Waals surface area contributed by atoms with Crippen LogP contribution < -0.4 is 0 Å². The Bertz CT molecular complexity index is 334. The first-order valence-corrected chi connectivity index (χ1v) is 3.84. The van der Waals surface area contributed by atoms with Crippen molar-refractivity contribution in [2.45, 2.75) is 26.4 Å². The molecule has 6 heteroatoms. The molecule has 0 aliphatic carbocycles. The van der Waals surface area contributed by atoms with Gasteiger partial charge in [0.25, 0.3) is 0 Å². The number of carbonyl (C=O) groups is 1. The summed E-state index contributed by atoms with van der Waals surface area (Å²) in [6.45, 7) is 2.97. The average Bonchev–Trinajstić information content (AvgIpc) is 2.34. The normalized spacial score (nSPS) is 11.8. The van der Waals surface area contributed by atoms with Crippen LogP contribution in [0.25, 0.3) is 0 Å². The molecule has 78 valence electrons. The van der Waals surface area contributed by atoms with Gasteiger partial charge >= 0.3 is 6.18 Å². The number of aromatic nitrogens is 1. The summed E-state index contributed by atoms with van der Waals surface area (Å²) in [5, 5.41) is 3.46. The second kappa shape index (κ2) is 3.43. The topological polar surface area (TPSA) is 43.1 Å².